The number of aliphatic hydroxyl groups excluding tert-OH is 2. The minimum absolute atomic E-state index is 0.0644. The van der Waals surface area contributed by atoms with Crippen LogP contribution in [0, 0.1) is 6.42 Å². The molecule has 5 heterocycles. The fourth-order valence-electron chi connectivity index (χ4n) is 4.29. The second kappa shape index (κ2) is 7.87. The van der Waals surface area contributed by atoms with E-state index in [-0.39, 0.29) is 30.3 Å². The summed E-state index contributed by atoms with van der Waals surface area (Å²) in [4.78, 5) is 42.0. The first kappa shape index (κ1) is 21.4. The Hall–Kier alpha value is -3.40. The first-order chi connectivity index (χ1) is 15.8. The zero-order chi connectivity index (χ0) is 23.3. The second-order valence-corrected chi connectivity index (χ2v) is 8.05. The number of anilines is 2. The zero-order valence-electron chi connectivity index (χ0n) is 17.2. The number of aromatic amines is 1. The molecule has 2 fully saturated rings. The van der Waals surface area contributed by atoms with Gasteiger partial charge in [0.2, 0.25) is 11.9 Å². The van der Waals surface area contributed by atoms with Gasteiger partial charge in [-0.2, -0.15) is 9.97 Å². The third-order valence-electron chi connectivity index (χ3n) is 5.91. The molecule has 0 aliphatic carbocycles. The molecule has 175 valence electrons. The number of hydrogen-bond donors (Lipinski definition) is 5. The number of aromatic nitrogens is 7. The molecule has 15 nitrogen and oxygen atoms in total. The minimum Gasteiger partial charge on any atom is -0.393 e. The summed E-state index contributed by atoms with van der Waals surface area (Å²) >= 11 is 0. The number of imidazole rings is 1. The lowest BCUT2D eigenvalue weighted by molar-refractivity contribution is -0.125. The molecule has 2 aliphatic rings. The Morgan fingerprint density at radius 3 is 2.73 bits per heavy atom. The number of hydrogen-bond acceptors (Lipinski definition) is 12. The summed E-state index contributed by atoms with van der Waals surface area (Å²) < 4.78 is 14.8. The molecule has 2 saturated heterocycles. The molecule has 15 heteroatoms. The smallest absolute Gasteiger partial charge is 0.354 e. The number of nitrogens with two attached hydrogens (primary N) is 2. The van der Waals surface area contributed by atoms with Crippen molar-refractivity contribution in [3.63, 3.8) is 0 Å². The lowest BCUT2D eigenvalue weighted by atomic mass is 9.91. The summed E-state index contributed by atoms with van der Waals surface area (Å²) in [7, 11) is 0. The summed E-state index contributed by atoms with van der Waals surface area (Å²) in [6, 6.07) is 0. The Labute approximate surface area is 185 Å². The molecule has 0 amide bonds. The maximum absolute atomic E-state index is 12.1. The zero-order valence-corrected chi connectivity index (χ0v) is 17.2. The number of nitrogen functional groups attached to an aromatic ring is 2. The van der Waals surface area contributed by atoms with E-state index < -0.39 is 48.1 Å². The molecule has 0 unspecified atom stereocenters. The normalized spacial score (nSPS) is 29.8. The molecule has 33 heavy (non-hydrogen) atoms. The number of ether oxygens (including phenoxy) is 2. The number of nitrogens with zero attached hydrogens (tertiary/aromatic N) is 6. The van der Waals surface area contributed by atoms with Crippen molar-refractivity contribution < 1.29 is 19.7 Å². The van der Waals surface area contributed by atoms with E-state index in [4.69, 9.17) is 20.9 Å². The molecule has 0 saturated carbocycles. The number of aliphatic hydroxyl groups is 2. The number of H-pyrrole nitrogens is 1. The molecule has 0 spiro atoms. The quantitative estimate of drug-likeness (QED) is 0.274. The lowest BCUT2D eigenvalue weighted by Gasteiger charge is -2.30. The molecule has 5 atom stereocenters. The Morgan fingerprint density at radius 1 is 1.18 bits per heavy atom. The fraction of sp³-hybridized carbons (Fsp3) is 0.500. The van der Waals surface area contributed by atoms with Gasteiger partial charge in [0.1, 0.15) is 24.4 Å². The first-order valence-corrected chi connectivity index (χ1v) is 10.2. The van der Waals surface area contributed by atoms with Gasteiger partial charge in [0.25, 0.3) is 0 Å². The summed E-state index contributed by atoms with van der Waals surface area (Å²) in [6.45, 7) is -0.394. The van der Waals surface area contributed by atoms with Crippen LogP contribution < -0.4 is 22.7 Å². The second-order valence-electron chi connectivity index (χ2n) is 8.05. The van der Waals surface area contributed by atoms with Crippen LogP contribution >= 0.6 is 0 Å². The van der Waals surface area contributed by atoms with Crippen LogP contribution in [0.2, 0.25) is 0 Å². The predicted octanol–water partition coefficient (Wildman–Crippen LogP) is -2.17. The van der Waals surface area contributed by atoms with Crippen LogP contribution in [0.4, 0.5) is 11.9 Å². The first-order valence-electron chi connectivity index (χ1n) is 10.2. The van der Waals surface area contributed by atoms with Gasteiger partial charge in [-0.15, -0.1) is 0 Å². The lowest BCUT2D eigenvalue weighted by Crippen LogP contribution is -2.41. The van der Waals surface area contributed by atoms with Gasteiger partial charge >= 0.3 is 11.2 Å². The van der Waals surface area contributed by atoms with Crippen molar-refractivity contribution in [1.82, 2.24) is 34.1 Å². The van der Waals surface area contributed by atoms with Crippen LogP contribution in [0.3, 0.4) is 0 Å². The maximum atomic E-state index is 12.1. The molecule has 0 aromatic carbocycles. The van der Waals surface area contributed by atoms with Crippen molar-refractivity contribution in [2.75, 3.05) is 18.1 Å². The molecule has 0 bridgehead atoms. The van der Waals surface area contributed by atoms with Gasteiger partial charge in [-0.1, -0.05) is 0 Å². The van der Waals surface area contributed by atoms with Gasteiger partial charge in [0.05, 0.1) is 30.7 Å². The third-order valence-corrected chi connectivity index (χ3v) is 5.91. The third kappa shape index (κ3) is 3.74. The molecule has 1 radical (unpaired) electrons. The monoisotopic (exact) mass is 460 g/mol. The van der Waals surface area contributed by atoms with Crippen molar-refractivity contribution >= 4 is 23.1 Å². The molecule has 7 N–H and O–H groups in total. The topological polar surface area (TPSA) is 222 Å². The van der Waals surface area contributed by atoms with Crippen molar-refractivity contribution in [3.05, 3.63) is 39.9 Å². The van der Waals surface area contributed by atoms with Gasteiger partial charge in [0, 0.05) is 19.3 Å². The Morgan fingerprint density at radius 2 is 1.97 bits per heavy atom. The maximum Gasteiger partial charge on any atom is 0.354 e. The Kier molecular flexibility index (Phi) is 5.12. The number of nitrogens with one attached hydrogen (secondary N) is 1. The van der Waals surface area contributed by atoms with E-state index in [0.29, 0.717) is 12.1 Å². The van der Waals surface area contributed by atoms with Crippen LogP contribution in [-0.4, -0.2) is 68.7 Å². The summed E-state index contributed by atoms with van der Waals surface area (Å²) in [6.07, 6.45) is 2.03. The SMILES string of the molecule is Nc1ncn([C@H]2C[CH][C@](CO)(C[C@H]3O[C@@H](n4cnc5c(=O)nc(N)[nH]c54)C[C@@H]3O)O2)c(=O)n1. The minimum atomic E-state index is -1.16. The highest BCUT2D eigenvalue weighted by Gasteiger charge is 2.47. The predicted molar refractivity (Wildman–Crippen MR) is 111 cm³/mol. The molecular weight excluding hydrogens is 438 g/mol. The Bertz CT molecular complexity index is 1300. The van der Waals surface area contributed by atoms with Gasteiger partial charge in [0.15, 0.2) is 5.52 Å². The van der Waals surface area contributed by atoms with Crippen LogP contribution in [0.25, 0.3) is 11.2 Å². The number of rotatable bonds is 5. The van der Waals surface area contributed by atoms with E-state index >= 15 is 0 Å². The molecule has 3 aromatic heterocycles. The van der Waals surface area contributed by atoms with Crippen molar-refractivity contribution in [2.24, 2.45) is 0 Å². The average molecular weight is 460 g/mol. The summed E-state index contributed by atoms with van der Waals surface area (Å²) in [5.41, 5.74) is 9.14. The van der Waals surface area contributed by atoms with Crippen molar-refractivity contribution in [1.29, 1.82) is 0 Å². The van der Waals surface area contributed by atoms with Crippen molar-refractivity contribution in [2.45, 2.75) is 49.5 Å². The van der Waals surface area contributed by atoms with Gasteiger partial charge < -0.3 is 36.1 Å². The van der Waals surface area contributed by atoms with Crippen LogP contribution in [0.5, 0.6) is 0 Å². The highest BCUT2D eigenvalue weighted by Crippen LogP contribution is 2.42. The van der Waals surface area contributed by atoms with E-state index in [0.717, 1.165) is 0 Å². The fourth-order valence-corrected chi connectivity index (χ4v) is 4.29. The van der Waals surface area contributed by atoms with Crippen molar-refractivity contribution in [3.8, 4) is 0 Å². The van der Waals surface area contributed by atoms with Gasteiger partial charge in [-0.25, -0.2) is 14.8 Å². The Balaban J connectivity index is 1.34. The van der Waals surface area contributed by atoms with E-state index in [2.05, 4.69) is 24.9 Å². The average Bonchev–Trinajstić information content (AvgIpc) is 3.46. The standard InChI is InChI=1S/C18H22N9O6/c19-15-22-7-27(17(31)25-15)10-1-2-18(5-28,33-10)4-9-8(29)3-11(32-9)26-6-21-12-13(26)23-16(20)24-14(12)30/h2,6-11,28-29H,1,3-5H2,(H2,19,25,31)(H3,20,23,24,30)/t8-,9+,10+,11+,18+/m0/s1. The van der Waals surface area contributed by atoms with Gasteiger partial charge in [-0.05, 0) is 6.42 Å². The molecule has 3 aromatic rings. The number of fused-ring (bicyclic) bond motifs is 1. The van der Waals surface area contributed by atoms with E-state index in [9.17, 15) is 19.8 Å². The summed E-state index contributed by atoms with van der Waals surface area (Å²) in [5.74, 6) is -0.212. The van der Waals surface area contributed by atoms with E-state index in [1.165, 1.54) is 17.2 Å². The molecule has 5 rings (SSSR count). The summed E-state index contributed by atoms with van der Waals surface area (Å²) in [5, 5.41) is 20.7. The highest BCUT2D eigenvalue weighted by molar-refractivity contribution is 5.70. The van der Waals surface area contributed by atoms with E-state index in [1.807, 2.05) is 0 Å². The van der Waals surface area contributed by atoms with Gasteiger partial charge in [-0.3, -0.25) is 13.9 Å². The molecular formula is C18H22N9O6. The van der Waals surface area contributed by atoms with E-state index in [1.54, 1.807) is 11.0 Å². The van der Waals surface area contributed by atoms with Crippen LogP contribution in [0.1, 0.15) is 31.7 Å². The largest absolute Gasteiger partial charge is 0.393 e. The highest BCUT2D eigenvalue weighted by atomic mass is 16.6. The van der Waals surface area contributed by atoms with Crippen LogP contribution in [-0.2, 0) is 9.47 Å². The van der Waals surface area contributed by atoms with Crippen LogP contribution in [0.15, 0.2) is 22.2 Å². The molecule has 2 aliphatic heterocycles.